The van der Waals surface area contributed by atoms with Gasteiger partial charge in [-0.3, -0.25) is 0 Å². The SMILES string of the molecule is CCC1(C)CCC(C(C)C)C1(C)C. The smallest absolute Gasteiger partial charge is 0.0270 e. The molecule has 1 aliphatic rings. The van der Waals surface area contributed by atoms with Crippen LogP contribution in [0.15, 0.2) is 0 Å². The van der Waals surface area contributed by atoms with Gasteiger partial charge in [-0.15, -0.1) is 0 Å². The molecule has 0 spiro atoms. The minimum Gasteiger partial charge on any atom is -0.0648 e. The molecule has 0 N–H and O–H groups in total. The van der Waals surface area contributed by atoms with Gasteiger partial charge in [-0.25, -0.2) is 0 Å². The summed E-state index contributed by atoms with van der Waals surface area (Å²) in [5.41, 5.74) is 1.12. The van der Waals surface area contributed by atoms with Gasteiger partial charge in [0.15, 0.2) is 0 Å². The first-order valence-electron chi connectivity index (χ1n) is 5.85. The van der Waals surface area contributed by atoms with Gasteiger partial charge >= 0.3 is 0 Å². The second-order valence-electron chi connectivity index (χ2n) is 6.03. The number of hydrogen-bond donors (Lipinski definition) is 0. The Labute approximate surface area is 84.1 Å². The van der Waals surface area contributed by atoms with Crippen LogP contribution in [0, 0.1) is 22.7 Å². The van der Waals surface area contributed by atoms with E-state index in [0.717, 1.165) is 11.8 Å². The van der Waals surface area contributed by atoms with Gasteiger partial charge in [0.05, 0.1) is 0 Å². The minimum atomic E-state index is 0.538. The van der Waals surface area contributed by atoms with Crippen molar-refractivity contribution in [2.24, 2.45) is 22.7 Å². The fourth-order valence-corrected chi connectivity index (χ4v) is 3.40. The van der Waals surface area contributed by atoms with Crippen molar-refractivity contribution in [3.63, 3.8) is 0 Å². The summed E-state index contributed by atoms with van der Waals surface area (Å²) in [6.45, 7) is 14.6. The van der Waals surface area contributed by atoms with Crippen LogP contribution >= 0.6 is 0 Å². The van der Waals surface area contributed by atoms with Crippen molar-refractivity contribution in [3.05, 3.63) is 0 Å². The van der Waals surface area contributed by atoms with E-state index in [0.29, 0.717) is 10.8 Å². The summed E-state index contributed by atoms with van der Waals surface area (Å²) < 4.78 is 0. The molecule has 1 fully saturated rings. The molecule has 13 heavy (non-hydrogen) atoms. The Morgan fingerprint density at radius 1 is 1.23 bits per heavy atom. The van der Waals surface area contributed by atoms with Crippen molar-refractivity contribution in [1.29, 1.82) is 0 Å². The van der Waals surface area contributed by atoms with E-state index in [1.807, 2.05) is 0 Å². The van der Waals surface area contributed by atoms with Crippen LogP contribution in [-0.4, -0.2) is 0 Å². The molecule has 78 valence electrons. The van der Waals surface area contributed by atoms with Crippen LogP contribution in [0.25, 0.3) is 0 Å². The highest BCUT2D eigenvalue weighted by Crippen LogP contribution is 2.59. The summed E-state index contributed by atoms with van der Waals surface area (Å²) in [6, 6.07) is 0. The van der Waals surface area contributed by atoms with Gasteiger partial charge in [0.2, 0.25) is 0 Å². The molecule has 0 aliphatic heterocycles. The first-order valence-corrected chi connectivity index (χ1v) is 5.85. The summed E-state index contributed by atoms with van der Waals surface area (Å²) in [6.07, 6.45) is 4.21. The second-order valence-corrected chi connectivity index (χ2v) is 6.03. The van der Waals surface area contributed by atoms with Gasteiger partial charge in [-0.1, -0.05) is 48.0 Å². The highest BCUT2D eigenvalue weighted by atomic mass is 14.5. The Bertz CT molecular complexity index is 178. The lowest BCUT2D eigenvalue weighted by atomic mass is 9.62. The predicted octanol–water partition coefficient (Wildman–Crippen LogP) is 4.49. The molecule has 1 rings (SSSR count). The lowest BCUT2D eigenvalue weighted by Gasteiger charge is -2.43. The molecule has 0 aromatic carbocycles. The average Bonchev–Trinajstić information content (AvgIpc) is 2.24. The Kier molecular flexibility index (Phi) is 2.81. The van der Waals surface area contributed by atoms with Crippen LogP contribution in [0.3, 0.4) is 0 Å². The maximum Gasteiger partial charge on any atom is -0.0270 e. The molecule has 2 atom stereocenters. The van der Waals surface area contributed by atoms with Gasteiger partial charge in [-0.2, -0.15) is 0 Å². The van der Waals surface area contributed by atoms with Crippen LogP contribution in [0.2, 0.25) is 0 Å². The zero-order chi connectivity index (χ0) is 10.3. The topological polar surface area (TPSA) is 0 Å². The maximum absolute atomic E-state index is 2.48. The predicted molar refractivity (Wildman–Crippen MR) is 59.7 cm³/mol. The van der Waals surface area contributed by atoms with Crippen LogP contribution in [0.5, 0.6) is 0 Å². The van der Waals surface area contributed by atoms with E-state index >= 15 is 0 Å². The van der Waals surface area contributed by atoms with E-state index in [-0.39, 0.29) is 0 Å². The first-order chi connectivity index (χ1) is 5.85. The van der Waals surface area contributed by atoms with Gasteiger partial charge in [0.25, 0.3) is 0 Å². The minimum absolute atomic E-state index is 0.538. The Morgan fingerprint density at radius 2 is 1.77 bits per heavy atom. The zero-order valence-electron chi connectivity index (χ0n) is 10.3. The molecule has 0 radical (unpaired) electrons. The van der Waals surface area contributed by atoms with E-state index in [2.05, 4.69) is 41.5 Å². The highest BCUT2D eigenvalue weighted by molar-refractivity contribution is 5.00. The Hall–Kier alpha value is 0. The quantitative estimate of drug-likeness (QED) is 0.590. The largest absolute Gasteiger partial charge is 0.0648 e. The number of hydrogen-bond acceptors (Lipinski definition) is 0. The molecule has 0 saturated heterocycles. The van der Waals surface area contributed by atoms with Crippen LogP contribution in [-0.2, 0) is 0 Å². The molecule has 1 aliphatic carbocycles. The highest BCUT2D eigenvalue weighted by Gasteiger charge is 2.50. The van der Waals surface area contributed by atoms with Crippen molar-refractivity contribution in [2.45, 2.75) is 60.8 Å². The third kappa shape index (κ3) is 1.53. The zero-order valence-corrected chi connectivity index (χ0v) is 10.3. The van der Waals surface area contributed by atoms with Gasteiger partial charge < -0.3 is 0 Å². The molecular formula is C13H26. The van der Waals surface area contributed by atoms with E-state index in [1.165, 1.54) is 19.3 Å². The third-order valence-electron chi connectivity index (χ3n) is 5.07. The average molecular weight is 182 g/mol. The molecule has 0 heteroatoms. The van der Waals surface area contributed by atoms with E-state index < -0.39 is 0 Å². The molecule has 0 aromatic heterocycles. The van der Waals surface area contributed by atoms with Gasteiger partial charge in [-0.05, 0) is 35.5 Å². The number of rotatable bonds is 2. The fourth-order valence-electron chi connectivity index (χ4n) is 3.40. The maximum atomic E-state index is 2.48. The van der Waals surface area contributed by atoms with Gasteiger partial charge in [0.1, 0.15) is 0 Å². The lowest BCUT2D eigenvalue weighted by molar-refractivity contribution is 0.0634. The Morgan fingerprint density at radius 3 is 2.00 bits per heavy atom. The second kappa shape index (κ2) is 3.29. The van der Waals surface area contributed by atoms with Crippen molar-refractivity contribution in [3.8, 4) is 0 Å². The van der Waals surface area contributed by atoms with Crippen molar-refractivity contribution in [1.82, 2.24) is 0 Å². The van der Waals surface area contributed by atoms with E-state index in [9.17, 15) is 0 Å². The van der Waals surface area contributed by atoms with Gasteiger partial charge in [0, 0.05) is 0 Å². The van der Waals surface area contributed by atoms with Crippen LogP contribution < -0.4 is 0 Å². The van der Waals surface area contributed by atoms with E-state index in [4.69, 9.17) is 0 Å². The third-order valence-corrected chi connectivity index (χ3v) is 5.07. The van der Waals surface area contributed by atoms with Crippen molar-refractivity contribution >= 4 is 0 Å². The lowest BCUT2D eigenvalue weighted by Crippen LogP contribution is -2.35. The summed E-state index contributed by atoms with van der Waals surface area (Å²) in [4.78, 5) is 0. The van der Waals surface area contributed by atoms with Crippen LogP contribution in [0.4, 0.5) is 0 Å². The van der Waals surface area contributed by atoms with Crippen molar-refractivity contribution < 1.29 is 0 Å². The molecule has 1 saturated carbocycles. The summed E-state index contributed by atoms with van der Waals surface area (Å²) in [5.74, 6) is 1.78. The van der Waals surface area contributed by atoms with Crippen molar-refractivity contribution in [2.75, 3.05) is 0 Å². The molecule has 0 aromatic rings. The summed E-state index contributed by atoms with van der Waals surface area (Å²) in [5, 5.41) is 0. The Balaban J connectivity index is 2.88. The summed E-state index contributed by atoms with van der Waals surface area (Å²) in [7, 11) is 0. The molecule has 0 heterocycles. The van der Waals surface area contributed by atoms with E-state index in [1.54, 1.807) is 0 Å². The molecule has 0 bridgehead atoms. The monoisotopic (exact) mass is 182 g/mol. The molecular weight excluding hydrogens is 156 g/mol. The normalized spacial score (nSPS) is 38.5. The first kappa shape index (κ1) is 11.1. The fraction of sp³-hybridized carbons (Fsp3) is 1.00. The molecule has 2 unspecified atom stereocenters. The standard InChI is InChI=1S/C13H26/c1-7-13(6)9-8-11(10(2)3)12(13,4)5/h10-11H,7-9H2,1-6H3. The summed E-state index contributed by atoms with van der Waals surface area (Å²) >= 11 is 0. The molecule has 0 amide bonds. The van der Waals surface area contributed by atoms with Crippen LogP contribution in [0.1, 0.15) is 60.8 Å². The molecule has 0 nitrogen and oxygen atoms in total.